The lowest BCUT2D eigenvalue weighted by molar-refractivity contribution is 0.698. The highest BCUT2D eigenvalue weighted by Gasteiger charge is 2.23. The third-order valence-electron chi connectivity index (χ3n) is 3.44. The van der Waals surface area contributed by atoms with E-state index in [9.17, 15) is 0 Å². The molecule has 0 amide bonds. The molecule has 0 saturated heterocycles. The van der Waals surface area contributed by atoms with Crippen LogP contribution in [0.2, 0.25) is 0 Å². The molecular formula is C13H16N2. The van der Waals surface area contributed by atoms with Crippen LogP contribution < -0.4 is 5.32 Å². The first-order chi connectivity index (χ1) is 7.43. The van der Waals surface area contributed by atoms with Gasteiger partial charge in [0.1, 0.15) is 0 Å². The molecule has 0 fully saturated rings. The Balaban J connectivity index is 1.79. The van der Waals surface area contributed by atoms with E-state index in [2.05, 4.69) is 34.6 Å². The molecule has 1 heterocycles. The molecule has 78 valence electrons. The van der Waals surface area contributed by atoms with Gasteiger partial charge in [0.2, 0.25) is 0 Å². The first kappa shape index (κ1) is 8.96. The van der Waals surface area contributed by atoms with Crippen LogP contribution in [0.4, 0.5) is 0 Å². The molecule has 0 radical (unpaired) electrons. The second-order valence-corrected chi connectivity index (χ2v) is 4.39. The normalized spacial score (nSPS) is 23.5. The maximum Gasteiger partial charge on any atom is 0.0970 e. The van der Waals surface area contributed by atoms with Crippen molar-refractivity contribution >= 4 is 5.84 Å². The van der Waals surface area contributed by atoms with Crippen molar-refractivity contribution in [2.45, 2.75) is 25.2 Å². The van der Waals surface area contributed by atoms with E-state index < -0.39 is 0 Å². The quantitative estimate of drug-likeness (QED) is 0.777. The van der Waals surface area contributed by atoms with E-state index in [1.807, 2.05) is 0 Å². The molecule has 2 heteroatoms. The SMILES string of the molecule is c1ccc2c(c1)CCC2CC1=NCCN1. The summed E-state index contributed by atoms with van der Waals surface area (Å²) in [5.74, 6) is 1.92. The van der Waals surface area contributed by atoms with Crippen molar-refractivity contribution in [3.63, 3.8) is 0 Å². The summed E-state index contributed by atoms with van der Waals surface area (Å²) >= 11 is 0. The Morgan fingerprint density at radius 3 is 3.13 bits per heavy atom. The van der Waals surface area contributed by atoms with Crippen molar-refractivity contribution in [2.24, 2.45) is 4.99 Å². The summed E-state index contributed by atoms with van der Waals surface area (Å²) < 4.78 is 0. The van der Waals surface area contributed by atoms with E-state index >= 15 is 0 Å². The third kappa shape index (κ3) is 1.65. The van der Waals surface area contributed by atoms with Crippen molar-refractivity contribution in [2.75, 3.05) is 13.1 Å². The molecule has 1 aromatic rings. The fourth-order valence-corrected chi connectivity index (χ4v) is 2.67. The lowest BCUT2D eigenvalue weighted by Crippen LogP contribution is -2.20. The van der Waals surface area contributed by atoms with Gasteiger partial charge in [-0.1, -0.05) is 24.3 Å². The lowest BCUT2D eigenvalue weighted by Gasteiger charge is -2.11. The Kier molecular flexibility index (Phi) is 2.20. The van der Waals surface area contributed by atoms with Gasteiger partial charge in [0.25, 0.3) is 0 Å². The molecule has 0 saturated carbocycles. The first-order valence-electron chi connectivity index (χ1n) is 5.78. The number of hydrogen-bond donors (Lipinski definition) is 1. The molecule has 1 atom stereocenters. The van der Waals surface area contributed by atoms with Gasteiger partial charge in [-0.3, -0.25) is 4.99 Å². The molecule has 1 aliphatic heterocycles. The average molecular weight is 200 g/mol. The molecule has 15 heavy (non-hydrogen) atoms. The smallest absolute Gasteiger partial charge is 0.0970 e. The van der Waals surface area contributed by atoms with Gasteiger partial charge in [0.05, 0.1) is 12.4 Å². The van der Waals surface area contributed by atoms with Crippen molar-refractivity contribution in [1.29, 1.82) is 0 Å². The molecule has 1 aliphatic carbocycles. The van der Waals surface area contributed by atoms with Gasteiger partial charge < -0.3 is 5.32 Å². The minimum absolute atomic E-state index is 0.700. The maximum atomic E-state index is 4.48. The van der Waals surface area contributed by atoms with Crippen LogP contribution in [0.1, 0.15) is 29.9 Å². The molecule has 1 unspecified atom stereocenters. The Morgan fingerprint density at radius 1 is 1.33 bits per heavy atom. The summed E-state index contributed by atoms with van der Waals surface area (Å²) in [6.07, 6.45) is 3.64. The highest BCUT2D eigenvalue weighted by molar-refractivity contribution is 5.84. The van der Waals surface area contributed by atoms with E-state index in [0.29, 0.717) is 5.92 Å². The summed E-state index contributed by atoms with van der Waals surface area (Å²) in [5, 5.41) is 3.36. The zero-order valence-corrected chi connectivity index (χ0v) is 8.87. The van der Waals surface area contributed by atoms with Crippen molar-refractivity contribution in [1.82, 2.24) is 5.32 Å². The van der Waals surface area contributed by atoms with Gasteiger partial charge in [-0.2, -0.15) is 0 Å². The third-order valence-corrected chi connectivity index (χ3v) is 3.44. The van der Waals surface area contributed by atoms with Crippen LogP contribution >= 0.6 is 0 Å². The number of nitrogens with one attached hydrogen (secondary N) is 1. The number of hydrogen-bond acceptors (Lipinski definition) is 2. The number of aliphatic imine (C=N–C) groups is 1. The average Bonchev–Trinajstić information content (AvgIpc) is 2.89. The van der Waals surface area contributed by atoms with Gasteiger partial charge in [-0.25, -0.2) is 0 Å². The Morgan fingerprint density at radius 2 is 2.27 bits per heavy atom. The molecule has 1 N–H and O–H groups in total. The number of nitrogens with zero attached hydrogens (tertiary/aromatic N) is 1. The molecule has 0 spiro atoms. The van der Waals surface area contributed by atoms with Gasteiger partial charge in [0.15, 0.2) is 0 Å². The summed E-state index contributed by atoms with van der Waals surface area (Å²) in [6, 6.07) is 8.84. The van der Waals surface area contributed by atoms with Crippen LogP contribution in [0.15, 0.2) is 29.3 Å². The maximum absolute atomic E-state index is 4.48. The van der Waals surface area contributed by atoms with Crippen LogP contribution in [-0.2, 0) is 6.42 Å². The fraction of sp³-hybridized carbons (Fsp3) is 0.462. The summed E-state index contributed by atoms with van der Waals surface area (Å²) in [6.45, 7) is 1.99. The Hall–Kier alpha value is -1.31. The van der Waals surface area contributed by atoms with Crippen molar-refractivity contribution in [3.8, 4) is 0 Å². The molecule has 3 rings (SSSR count). The van der Waals surface area contributed by atoms with Crippen molar-refractivity contribution in [3.05, 3.63) is 35.4 Å². The summed E-state index contributed by atoms with van der Waals surface area (Å²) in [5.41, 5.74) is 3.09. The predicted molar refractivity (Wildman–Crippen MR) is 62.4 cm³/mol. The number of amidine groups is 1. The van der Waals surface area contributed by atoms with E-state index in [4.69, 9.17) is 0 Å². The highest BCUT2D eigenvalue weighted by Crippen LogP contribution is 2.35. The number of fused-ring (bicyclic) bond motifs is 1. The van der Waals surface area contributed by atoms with E-state index in [-0.39, 0.29) is 0 Å². The first-order valence-corrected chi connectivity index (χ1v) is 5.78. The van der Waals surface area contributed by atoms with E-state index in [1.165, 1.54) is 18.7 Å². The topological polar surface area (TPSA) is 24.4 Å². The van der Waals surface area contributed by atoms with Crippen LogP contribution in [0.5, 0.6) is 0 Å². The monoisotopic (exact) mass is 200 g/mol. The van der Waals surface area contributed by atoms with Gasteiger partial charge in [0, 0.05) is 13.0 Å². The molecule has 2 nitrogen and oxygen atoms in total. The molecule has 2 aliphatic rings. The zero-order valence-electron chi connectivity index (χ0n) is 8.87. The second-order valence-electron chi connectivity index (χ2n) is 4.39. The van der Waals surface area contributed by atoms with Crippen LogP contribution in [0.25, 0.3) is 0 Å². The van der Waals surface area contributed by atoms with Crippen LogP contribution in [0, 0.1) is 0 Å². The summed E-state index contributed by atoms with van der Waals surface area (Å²) in [7, 11) is 0. The number of rotatable bonds is 2. The van der Waals surface area contributed by atoms with E-state index in [1.54, 1.807) is 11.1 Å². The second kappa shape index (κ2) is 3.69. The zero-order chi connectivity index (χ0) is 10.1. The molecular weight excluding hydrogens is 184 g/mol. The minimum Gasteiger partial charge on any atom is -0.372 e. The van der Waals surface area contributed by atoms with Gasteiger partial charge in [-0.15, -0.1) is 0 Å². The van der Waals surface area contributed by atoms with Gasteiger partial charge in [-0.05, 0) is 29.9 Å². The lowest BCUT2D eigenvalue weighted by atomic mass is 9.97. The number of aryl methyl sites for hydroxylation is 1. The standard InChI is InChI=1S/C13H16N2/c1-2-4-12-10(3-1)5-6-11(12)9-13-14-7-8-15-13/h1-4,11H,5-9H2,(H,14,15). The van der Waals surface area contributed by atoms with Crippen LogP contribution in [-0.4, -0.2) is 18.9 Å². The highest BCUT2D eigenvalue weighted by atomic mass is 15.1. The van der Waals surface area contributed by atoms with Gasteiger partial charge >= 0.3 is 0 Å². The van der Waals surface area contributed by atoms with E-state index in [0.717, 1.165) is 19.5 Å². The molecule has 1 aromatic carbocycles. The molecule has 0 aromatic heterocycles. The fourth-order valence-electron chi connectivity index (χ4n) is 2.67. The Bertz CT molecular complexity index is 395. The van der Waals surface area contributed by atoms with Crippen molar-refractivity contribution < 1.29 is 0 Å². The minimum atomic E-state index is 0.700. The summed E-state index contributed by atoms with van der Waals surface area (Å²) in [4.78, 5) is 4.48. The van der Waals surface area contributed by atoms with Crippen LogP contribution in [0.3, 0.4) is 0 Å². The predicted octanol–water partition coefficient (Wildman–Crippen LogP) is 2.11. The Labute approximate surface area is 90.4 Å². The largest absolute Gasteiger partial charge is 0.372 e. The number of benzene rings is 1. The molecule has 0 bridgehead atoms.